The van der Waals surface area contributed by atoms with Crippen LogP contribution in [0.1, 0.15) is 87.1 Å². The molecule has 5 aliphatic rings. The lowest BCUT2D eigenvalue weighted by Gasteiger charge is -2.37. The molecule has 0 aliphatic heterocycles. The quantitative estimate of drug-likeness (QED) is 0.266. The number of benzene rings is 2. The van der Waals surface area contributed by atoms with Crippen molar-refractivity contribution in [2.24, 2.45) is 41.4 Å². The van der Waals surface area contributed by atoms with Crippen molar-refractivity contribution >= 4 is 16.7 Å². The van der Waals surface area contributed by atoms with Crippen molar-refractivity contribution in [1.82, 2.24) is 0 Å². The first-order valence-corrected chi connectivity index (χ1v) is 13.9. The van der Waals surface area contributed by atoms with Crippen molar-refractivity contribution in [3.63, 3.8) is 0 Å². The third-order valence-corrected chi connectivity index (χ3v) is 10.8. The molecule has 0 spiro atoms. The second-order valence-corrected chi connectivity index (χ2v) is 12.7. The largest absolute Gasteiger partial charge is 0.456 e. The van der Waals surface area contributed by atoms with Gasteiger partial charge in [0.1, 0.15) is 5.60 Å². The number of hydrogen-bond donors (Lipinski definition) is 0. The summed E-state index contributed by atoms with van der Waals surface area (Å²) in [5.74, 6) is 6.24. The van der Waals surface area contributed by atoms with Crippen LogP contribution >= 0.6 is 0 Å². The number of rotatable bonds is 4. The van der Waals surface area contributed by atoms with Crippen LogP contribution in [0.25, 0.3) is 10.8 Å². The van der Waals surface area contributed by atoms with Crippen LogP contribution in [-0.4, -0.2) is 11.6 Å². The summed E-state index contributed by atoms with van der Waals surface area (Å²) >= 11 is 0. The molecule has 2 aromatic carbocycles. The normalized spacial score (nSPS) is 36.4. The maximum atomic E-state index is 13.5. The number of allylic oxidation sites excluding steroid dienone is 2. The van der Waals surface area contributed by atoms with Crippen molar-refractivity contribution < 1.29 is 9.53 Å². The Hall–Kier alpha value is -2.09. The molecule has 34 heavy (non-hydrogen) atoms. The molecule has 7 unspecified atom stereocenters. The van der Waals surface area contributed by atoms with Crippen LogP contribution in [0.5, 0.6) is 0 Å². The van der Waals surface area contributed by atoms with E-state index in [1.807, 2.05) is 6.07 Å². The summed E-state index contributed by atoms with van der Waals surface area (Å²) < 4.78 is 6.23. The van der Waals surface area contributed by atoms with Gasteiger partial charge in [0.2, 0.25) is 0 Å². The summed E-state index contributed by atoms with van der Waals surface area (Å²) in [5, 5.41) is 2.36. The first-order chi connectivity index (χ1) is 16.5. The van der Waals surface area contributed by atoms with Crippen molar-refractivity contribution in [2.45, 2.75) is 76.7 Å². The summed E-state index contributed by atoms with van der Waals surface area (Å²) in [4.78, 5) is 13.5. The Labute approximate surface area is 204 Å². The van der Waals surface area contributed by atoms with Gasteiger partial charge in [-0.2, -0.15) is 0 Å². The fourth-order valence-electron chi connectivity index (χ4n) is 9.38. The summed E-state index contributed by atoms with van der Waals surface area (Å²) in [6, 6.07) is 13.0. The van der Waals surface area contributed by atoms with E-state index in [1.165, 1.54) is 62.3 Å². The molecular weight excluding hydrogens is 416 g/mol. The van der Waals surface area contributed by atoms with E-state index in [1.54, 1.807) is 0 Å². The Balaban J connectivity index is 1.19. The van der Waals surface area contributed by atoms with Gasteiger partial charge in [0, 0.05) is 0 Å². The van der Waals surface area contributed by atoms with Gasteiger partial charge in [-0.3, -0.25) is 0 Å². The number of esters is 1. The minimum atomic E-state index is -0.411. The Morgan fingerprint density at radius 2 is 1.59 bits per heavy atom. The monoisotopic (exact) mass is 454 g/mol. The zero-order chi connectivity index (χ0) is 23.0. The number of carbonyl (C=O) groups excluding carboxylic acids is 1. The van der Waals surface area contributed by atoms with Crippen LogP contribution in [0, 0.1) is 41.4 Å². The molecular formula is C32H38O2. The van der Waals surface area contributed by atoms with E-state index in [2.05, 4.69) is 56.3 Å². The van der Waals surface area contributed by atoms with Crippen LogP contribution in [-0.2, 0) is 4.74 Å². The lowest BCUT2D eigenvalue weighted by atomic mass is 9.67. The Morgan fingerprint density at radius 1 is 0.853 bits per heavy atom. The standard InChI is InChI=1S/C32H38O2/c1-32(2,22-8-4-3-5-9-22)34-31(33)26-13-7-10-23-24(26)11-6-12-25(23)27-17-21-18-28(27)30-20-15-14-19(16-20)29(21)30/h6-7,10-15,19-22,27-30H,3-5,8-9,16-18H2,1-2H3. The van der Waals surface area contributed by atoms with Gasteiger partial charge in [-0.15, -0.1) is 0 Å². The molecule has 0 radical (unpaired) electrons. The molecule has 5 aliphatic carbocycles. The molecule has 2 heteroatoms. The fourth-order valence-corrected chi connectivity index (χ4v) is 9.38. The first kappa shape index (κ1) is 21.2. The van der Waals surface area contributed by atoms with E-state index in [9.17, 15) is 4.79 Å². The predicted molar refractivity (Wildman–Crippen MR) is 137 cm³/mol. The number of fused-ring (bicyclic) bond motifs is 10. The molecule has 0 saturated heterocycles. The van der Waals surface area contributed by atoms with Gasteiger partial charge in [0.25, 0.3) is 0 Å². The summed E-state index contributed by atoms with van der Waals surface area (Å²) in [5.41, 5.74) is 1.81. The Bertz CT molecular complexity index is 1150. The van der Waals surface area contributed by atoms with Crippen molar-refractivity contribution in [3.05, 3.63) is 59.7 Å². The zero-order valence-electron chi connectivity index (χ0n) is 20.7. The van der Waals surface area contributed by atoms with Gasteiger partial charge in [-0.1, -0.05) is 61.7 Å². The molecule has 7 atom stereocenters. The Morgan fingerprint density at radius 3 is 2.41 bits per heavy atom. The smallest absolute Gasteiger partial charge is 0.339 e. The Kier molecular flexibility index (Phi) is 4.81. The molecule has 4 fully saturated rings. The van der Waals surface area contributed by atoms with Crippen LogP contribution in [0.3, 0.4) is 0 Å². The van der Waals surface area contributed by atoms with E-state index in [0.717, 1.165) is 46.5 Å². The van der Waals surface area contributed by atoms with Crippen LogP contribution < -0.4 is 0 Å². The molecule has 0 aromatic heterocycles. The average molecular weight is 455 g/mol. The third kappa shape index (κ3) is 3.09. The van der Waals surface area contributed by atoms with Crippen LogP contribution in [0.2, 0.25) is 0 Å². The third-order valence-electron chi connectivity index (χ3n) is 10.8. The van der Waals surface area contributed by atoms with E-state index in [4.69, 9.17) is 4.74 Å². The highest BCUT2D eigenvalue weighted by atomic mass is 16.6. The van der Waals surface area contributed by atoms with Crippen LogP contribution in [0.4, 0.5) is 0 Å². The summed E-state index contributed by atoms with van der Waals surface area (Å²) in [6.07, 6.45) is 15.4. The first-order valence-electron chi connectivity index (χ1n) is 13.9. The molecule has 0 heterocycles. The van der Waals surface area contributed by atoms with Gasteiger partial charge >= 0.3 is 5.97 Å². The highest BCUT2D eigenvalue weighted by Crippen LogP contribution is 2.69. The second-order valence-electron chi connectivity index (χ2n) is 12.7. The molecule has 4 bridgehead atoms. The molecule has 7 rings (SSSR count). The minimum Gasteiger partial charge on any atom is -0.456 e. The number of hydrogen-bond acceptors (Lipinski definition) is 2. The predicted octanol–water partition coefficient (Wildman–Crippen LogP) is 7.92. The SMILES string of the molecule is CC(C)(OC(=O)c1cccc2c(C3CC4CC3C3C5C=CC(C5)C43)cccc12)C1CCCCC1. The highest BCUT2D eigenvalue weighted by molar-refractivity contribution is 6.05. The van der Waals surface area contributed by atoms with Crippen LogP contribution in [0.15, 0.2) is 48.6 Å². The van der Waals surface area contributed by atoms with Gasteiger partial charge in [-0.05, 0) is 116 Å². The lowest BCUT2D eigenvalue weighted by Crippen LogP contribution is -2.38. The van der Waals surface area contributed by atoms with Gasteiger partial charge < -0.3 is 4.74 Å². The highest BCUT2D eigenvalue weighted by Gasteiger charge is 2.61. The second kappa shape index (κ2) is 7.70. The van der Waals surface area contributed by atoms with E-state index < -0.39 is 5.60 Å². The molecule has 2 nitrogen and oxygen atoms in total. The molecule has 178 valence electrons. The maximum Gasteiger partial charge on any atom is 0.339 e. The van der Waals surface area contributed by atoms with Crippen molar-refractivity contribution in [1.29, 1.82) is 0 Å². The zero-order valence-corrected chi connectivity index (χ0v) is 20.7. The summed E-state index contributed by atoms with van der Waals surface area (Å²) in [6.45, 7) is 4.24. The molecule has 4 saturated carbocycles. The van der Waals surface area contributed by atoms with E-state index in [-0.39, 0.29) is 5.97 Å². The van der Waals surface area contributed by atoms with Gasteiger partial charge in [0.05, 0.1) is 5.56 Å². The fraction of sp³-hybridized carbons (Fsp3) is 0.594. The topological polar surface area (TPSA) is 26.3 Å². The summed E-state index contributed by atoms with van der Waals surface area (Å²) in [7, 11) is 0. The molecule has 0 N–H and O–H groups in total. The lowest BCUT2D eigenvalue weighted by molar-refractivity contribution is -0.0382. The number of carbonyl (C=O) groups is 1. The van der Waals surface area contributed by atoms with E-state index >= 15 is 0 Å². The van der Waals surface area contributed by atoms with Crippen molar-refractivity contribution in [3.8, 4) is 0 Å². The van der Waals surface area contributed by atoms with Crippen molar-refractivity contribution in [2.75, 3.05) is 0 Å². The average Bonchev–Trinajstić information content (AvgIpc) is 3.64. The number of ether oxygens (including phenoxy) is 1. The minimum absolute atomic E-state index is 0.149. The molecule has 2 aromatic rings. The van der Waals surface area contributed by atoms with E-state index in [0.29, 0.717) is 11.8 Å². The van der Waals surface area contributed by atoms with Gasteiger partial charge in [0.15, 0.2) is 0 Å². The maximum absolute atomic E-state index is 13.5. The molecule has 0 amide bonds. The van der Waals surface area contributed by atoms with Gasteiger partial charge in [-0.25, -0.2) is 4.79 Å².